The molecule has 0 saturated carbocycles. The standard InChI is InChI=1S/C13H13F2N3/c1-2-18-9-10(7-17-18)6-16-8-11-5-12(14)3-4-13(11)15/h2-5,7,9,16H,1,6,8H2. The van der Waals surface area contributed by atoms with Gasteiger partial charge in [-0.05, 0) is 18.2 Å². The fraction of sp³-hybridized carbons (Fsp3) is 0.154. The molecule has 0 amide bonds. The minimum Gasteiger partial charge on any atom is -0.308 e. The minimum absolute atomic E-state index is 0.267. The van der Waals surface area contributed by atoms with Gasteiger partial charge < -0.3 is 5.32 Å². The summed E-state index contributed by atoms with van der Waals surface area (Å²) in [7, 11) is 0. The molecule has 0 aliphatic heterocycles. The van der Waals surface area contributed by atoms with Gasteiger partial charge in [0.25, 0.3) is 0 Å². The molecule has 1 heterocycles. The summed E-state index contributed by atoms with van der Waals surface area (Å²) in [5.41, 5.74) is 1.26. The molecule has 5 heteroatoms. The predicted molar refractivity (Wildman–Crippen MR) is 65.5 cm³/mol. The first-order valence-corrected chi connectivity index (χ1v) is 5.49. The van der Waals surface area contributed by atoms with Crippen LogP contribution in [0.25, 0.3) is 6.20 Å². The van der Waals surface area contributed by atoms with Gasteiger partial charge in [-0.3, -0.25) is 0 Å². The van der Waals surface area contributed by atoms with Crippen molar-refractivity contribution < 1.29 is 8.78 Å². The number of hydrogen-bond acceptors (Lipinski definition) is 2. The number of aromatic nitrogens is 2. The van der Waals surface area contributed by atoms with Gasteiger partial charge in [0.05, 0.1) is 6.20 Å². The molecule has 0 atom stereocenters. The van der Waals surface area contributed by atoms with E-state index in [4.69, 9.17) is 0 Å². The zero-order valence-electron chi connectivity index (χ0n) is 9.74. The Morgan fingerprint density at radius 3 is 2.89 bits per heavy atom. The van der Waals surface area contributed by atoms with Crippen LogP contribution < -0.4 is 5.32 Å². The second kappa shape index (κ2) is 5.55. The van der Waals surface area contributed by atoms with Crippen molar-refractivity contribution in [1.29, 1.82) is 0 Å². The van der Waals surface area contributed by atoms with Crippen molar-refractivity contribution in [2.75, 3.05) is 0 Å². The first kappa shape index (κ1) is 12.4. The van der Waals surface area contributed by atoms with E-state index in [2.05, 4.69) is 17.0 Å². The smallest absolute Gasteiger partial charge is 0.127 e. The molecule has 1 N–H and O–H groups in total. The van der Waals surface area contributed by atoms with Gasteiger partial charge in [0.2, 0.25) is 0 Å². The Balaban J connectivity index is 1.91. The van der Waals surface area contributed by atoms with Crippen molar-refractivity contribution in [2.45, 2.75) is 13.1 Å². The zero-order valence-corrected chi connectivity index (χ0v) is 9.74. The largest absolute Gasteiger partial charge is 0.308 e. The Hall–Kier alpha value is -2.01. The lowest BCUT2D eigenvalue weighted by molar-refractivity contribution is 0.568. The summed E-state index contributed by atoms with van der Waals surface area (Å²) >= 11 is 0. The molecule has 2 aromatic rings. The quantitative estimate of drug-likeness (QED) is 0.882. The molecule has 0 aliphatic carbocycles. The highest BCUT2D eigenvalue weighted by atomic mass is 19.1. The number of nitrogens with zero attached hydrogens (tertiary/aromatic N) is 2. The Morgan fingerprint density at radius 2 is 2.17 bits per heavy atom. The van der Waals surface area contributed by atoms with Crippen LogP contribution in [-0.2, 0) is 13.1 Å². The Morgan fingerprint density at radius 1 is 1.33 bits per heavy atom. The van der Waals surface area contributed by atoms with Gasteiger partial charge >= 0.3 is 0 Å². The van der Waals surface area contributed by atoms with Crippen molar-refractivity contribution in [3.63, 3.8) is 0 Å². The molecule has 0 fully saturated rings. The Labute approximate surface area is 104 Å². The number of benzene rings is 1. The molecule has 0 radical (unpaired) electrons. The predicted octanol–water partition coefficient (Wildman–Crippen LogP) is 2.55. The monoisotopic (exact) mass is 249 g/mol. The average Bonchev–Trinajstić information content (AvgIpc) is 2.81. The van der Waals surface area contributed by atoms with Gasteiger partial charge in [0.15, 0.2) is 0 Å². The molecular formula is C13H13F2N3. The van der Waals surface area contributed by atoms with Crippen LogP contribution in [0.5, 0.6) is 0 Å². The summed E-state index contributed by atoms with van der Waals surface area (Å²) in [6.45, 7) is 4.38. The molecule has 1 aromatic heterocycles. The lowest BCUT2D eigenvalue weighted by Crippen LogP contribution is -2.13. The van der Waals surface area contributed by atoms with Crippen molar-refractivity contribution in [2.24, 2.45) is 0 Å². The molecule has 2 rings (SSSR count). The van der Waals surface area contributed by atoms with Gasteiger partial charge in [0.1, 0.15) is 11.6 Å². The average molecular weight is 249 g/mol. The van der Waals surface area contributed by atoms with Crippen LogP contribution in [0, 0.1) is 11.6 Å². The normalized spacial score (nSPS) is 10.6. The molecule has 0 spiro atoms. The molecule has 0 unspecified atom stereocenters. The summed E-state index contributed by atoms with van der Waals surface area (Å²) in [5, 5.41) is 7.05. The number of rotatable bonds is 5. The third kappa shape index (κ3) is 3.01. The van der Waals surface area contributed by atoms with E-state index in [1.165, 1.54) is 6.07 Å². The van der Waals surface area contributed by atoms with Gasteiger partial charge in [-0.15, -0.1) is 0 Å². The van der Waals surface area contributed by atoms with Gasteiger partial charge in [-0.2, -0.15) is 5.10 Å². The number of nitrogens with one attached hydrogen (secondary N) is 1. The van der Waals surface area contributed by atoms with Crippen LogP contribution in [0.3, 0.4) is 0 Å². The van der Waals surface area contributed by atoms with Crippen LogP contribution in [0.15, 0.2) is 37.2 Å². The molecule has 1 aromatic carbocycles. The van der Waals surface area contributed by atoms with Crippen LogP contribution >= 0.6 is 0 Å². The van der Waals surface area contributed by atoms with E-state index < -0.39 is 11.6 Å². The van der Waals surface area contributed by atoms with Crippen molar-refractivity contribution in [1.82, 2.24) is 15.1 Å². The van der Waals surface area contributed by atoms with E-state index in [0.717, 1.165) is 17.7 Å². The number of hydrogen-bond donors (Lipinski definition) is 1. The SMILES string of the molecule is C=Cn1cc(CNCc2cc(F)ccc2F)cn1. The lowest BCUT2D eigenvalue weighted by Gasteiger charge is -2.04. The maximum absolute atomic E-state index is 13.3. The maximum atomic E-state index is 13.3. The fourth-order valence-electron chi connectivity index (χ4n) is 1.59. The van der Waals surface area contributed by atoms with Gasteiger partial charge in [0, 0.05) is 36.6 Å². The summed E-state index contributed by atoms with van der Waals surface area (Å²) in [5.74, 6) is -0.849. The molecule has 18 heavy (non-hydrogen) atoms. The summed E-state index contributed by atoms with van der Waals surface area (Å²) < 4.78 is 27.8. The third-order valence-electron chi connectivity index (χ3n) is 2.49. The number of halogens is 2. The molecule has 0 aliphatic rings. The molecular weight excluding hydrogens is 236 g/mol. The van der Waals surface area contributed by atoms with Crippen LogP contribution in [0.1, 0.15) is 11.1 Å². The summed E-state index contributed by atoms with van der Waals surface area (Å²) in [6.07, 6.45) is 5.08. The zero-order chi connectivity index (χ0) is 13.0. The molecule has 3 nitrogen and oxygen atoms in total. The van der Waals surface area contributed by atoms with E-state index in [1.807, 2.05) is 6.20 Å². The van der Waals surface area contributed by atoms with Crippen LogP contribution in [0.2, 0.25) is 0 Å². The van der Waals surface area contributed by atoms with Gasteiger partial charge in [-0.25, -0.2) is 13.5 Å². The molecule has 94 valence electrons. The van der Waals surface area contributed by atoms with E-state index in [0.29, 0.717) is 12.1 Å². The second-order valence-corrected chi connectivity index (χ2v) is 3.85. The third-order valence-corrected chi connectivity index (χ3v) is 2.49. The van der Waals surface area contributed by atoms with Crippen molar-refractivity contribution >= 4 is 6.20 Å². The topological polar surface area (TPSA) is 29.9 Å². The fourth-order valence-corrected chi connectivity index (χ4v) is 1.59. The first-order chi connectivity index (χ1) is 8.69. The maximum Gasteiger partial charge on any atom is 0.127 e. The van der Waals surface area contributed by atoms with Crippen molar-refractivity contribution in [3.8, 4) is 0 Å². The minimum atomic E-state index is -0.437. The first-order valence-electron chi connectivity index (χ1n) is 5.49. The summed E-state index contributed by atoms with van der Waals surface area (Å²) in [4.78, 5) is 0. The highest BCUT2D eigenvalue weighted by Gasteiger charge is 2.03. The Kier molecular flexibility index (Phi) is 3.84. The molecule has 0 bridgehead atoms. The van der Waals surface area contributed by atoms with Gasteiger partial charge in [-0.1, -0.05) is 6.58 Å². The van der Waals surface area contributed by atoms with Crippen LogP contribution in [-0.4, -0.2) is 9.78 Å². The second-order valence-electron chi connectivity index (χ2n) is 3.85. The van der Waals surface area contributed by atoms with E-state index >= 15 is 0 Å². The van der Waals surface area contributed by atoms with E-state index in [1.54, 1.807) is 17.1 Å². The highest BCUT2D eigenvalue weighted by Crippen LogP contribution is 2.09. The van der Waals surface area contributed by atoms with Crippen molar-refractivity contribution in [3.05, 3.63) is 59.9 Å². The lowest BCUT2D eigenvalue weighted by atomic mass is 10.2. The molecule has 0 saturated heterocycles. The van der Waals surface area contributed by atoms with Crippen LogP contribution in [0.4, 0.5) is 8.78 Å². The Bertz CT molecular complexity index is 549. The highest BCUT2D eigenvalue weighted by molar-refractivity contribution is 5.19. The van der Waals surface area contributed by atoms with E-state index in [9.17, 15) is 8.78 Å². The summed E-state index contributed by atoms with van der Waals surface area (Å²) in [6, 6.07) is 3.42. The van der Waals surface area contributed by atoms with E-state index in [-0.39, 0.29) is 6.54 Å².